The van der Waals surface area contributed by atoms with Gasteiger partial charge in [-0.05, 0) is 45.4 Å². The van der Waals surface area contributed by atoms with Gasteiger partial charge in [-0.1, -0.05) is 12.8 Å². The zero-order valence-electron chi connectivity index (χ0n) is 10.3. The monoisotopic (exact) mass is 224 g/mol. The molecule has 0 radical (unpaired) electrons. The molecule has 2 fully saturated rings. The highest BCUT2D eigenvalue weighted by Gasteiger charge is 2.33. The molecule has 2 aliphatic carbocycles. The maximum absolute atomic E-state index is 12.1. The average molecular weight is 224 g/mol. The molecular weight excluding hydrogens is 200 g/mol. The zero-order chi connectivity index (χ0) is 11.6. The van der Waals surface area contributed by atoms with Gasteiger partial charge in [-0.2, -0.15) is 0 Å². The quantitative estimate of drug-likeness (QED) is 0.753. The van der Waals surface area contributed by atoms with Crippen LogP contribution in [0.15, 0.2) is 0 Å². The second-order valence-electron chi connectivity index (χ2n) is 5.87. The molecule has 0 aromatic heterocycles. The maximum atomic E-state index is 12.1. The van der Waals surface area contributed by atoms with Crippen LogP contribution < -0.4 is 11.1 Å². The van der Waals surface area contributed by atoms with Gasteiger partial charge in [0, 0.05) is 17.5 Å². The summed E-state index contributed by atoms with van der Waals surface area (Å²) < 4.78 is 0. The van der Waals surface area contributed by atoms with Crippen molar-refractivity contribution < 1.29 is 4.79 Å². The molecule has 3 nitrogen and oxygen atoms in total. The SMILES string of the molecule is CC1(NC(=O)C2CCC(N)CC2)CCCC1. The first-order chi connectivity index (χ1) is 7.59. The molecule has 0 aromatic carbocycles. The van der Waals surface area contributed by atoms with E-state index in [1.54, 1.807) is 0 Å². The number of rotatable bonds is 2. The van der Waals surface area contributed by atoms with Crippen LogP contribution in [0.4, 0.5) is 0 Å². The van der Waals surface area contributed by atoms with Crippen LogP contribution in [0.1, 0.15) is 58.3 Å². The Morgan fingerprint density at radius 3 is 2.31 bits per heavy atom. The fourth-order valence-electron chi connectivity index (χ4n) is 3.06. The molecule has 16 heavy (non-hydrogen) atoms. The predicted molar refractivity (Wildman–Crippen MR) is 64.9 cm³/mol. The molecule has 0 saturated heterocycles. The highest BCUT2D eigenvalue weighted by Crippen LogP contribution is 2.30. The van der Waals surface area contributed by atoms with Crippen LogP contribution in [0, 0.1) is 5.92 Å². The van der Waals surface area contributed by atoms with E-state index in [4.69, 9.17) is 5.73 Å². The number of carbonyl (C=O) groups is 1. The van der Waals surface area contributed by atoms with Crippen molar-refractivity contribution in [3.63, 3.8) is 0 Å². The highest BCUT2D eigenvalue weighted by molar-refractivity contribution is 5.79. The highest BCUT2D eigenvalue weighted by atomic mass is 16.2. The fourth-order valence-corrected chi connectivity index (χ4v) is 3.06. The van der Waals surface area contributed by atoms with E-state index in [9.17, 15) is 4.79 Å². The van der Waals surface area contributed by atoms with Crippen molar-refractivity contribution in [2.24, 2.45) is 11.7 Å². The van der Waals surface area contributed by atoms with Crippen LogP contribution in [0.5, 0.6) is 0 Å². The van der Waals surface area contributed by atoms with Gasteiger partial charge in [0.05, 0.1) is 0 Å². The summed E-state index contributed by atoms with van der Waals surface area (Å²) >= 11 is 0. The predicted octanol–water partition coefficient (Wildman–Crippen LogP) is 1.95. The summed E-state index contributed by atoms with van der Waals surface area (Å²) in [5, 5.41) is 3.26. The van der Waals surface area contributed by atoms with Crippen molar-refractivity contribution in [1.82, 2.24) is 5.32 Å². The second-order valence-corrected chi connectivity index (χ2v) is 5.87. The molecule has 0 aromatic rings. The summed E-state index contributed by atoms with van der Waals surface area (Å²) in [6, 6.07) is 0.325. The molecule has 0 bridgehead atoms. The normalized spacial score (nSPS) is 33.6. The molecular formula is C13H24N2O. The average Bonchev–Trinajstić information content (AvgIpc) is 2.65. The van der Waals surface area contributed by atoms with E-state index in [0.29, 0.717) is 6.04 Å². The van der Waals surface area contributed by atoms with Gasteiger partial charge in [0.15, 0.2) is 0 Å². The van der Waals surface area contributed by atoms with Gasteiger partial charge in [0.25, 0.3) is 0 Å². The van der Waals surface area contributed by atoms with Crippen LogP contribution in [-0.4, -0.2) is 17.5 Å². The van der Waals surface area contributed by atoms with Gasteiger partial charge in [0.1, 0.15) is 0 Å². The lowest BCUT2D eigenvalue weighted by Crippen LogP contribution is -2.47. The molecule has 0 aliphatic heterocycles. The fraction of sp³-hybridized carbons (Fsp3) is 0.923. The number of carbonyl (C=O) groups excluding carboxylic acids is 1. The molecule has 0 spiro atoms. The Kier molecular flexibility index (Phi) is 3.53. The Morgan fingerprint density at radius 1 is 1.19 bits per heavy atom. The standard InChI is InChI=1S/C13H24N2O/c1-13(8-2-3-9-13)15-12(16)10-4-6-11(14)7-5-10/h10-11H,2-9,14H2,1H3,(H,15,16). The van der Waals surface area contributed by atoms with Crippen LogP contribution in [0.25, 0.3) is 0 Å². The van der Waals surface area contributed by atoms with Gasteiger partial charge >= 0.3 is 0 Å². The lowest BCUT2D eigenvalue weighted by Gasteiger charge is -2.31. The summed E-state index contributed by atoms with van der Waals surface area (Å²) in [7, 11) is 0. The van der Waals surface area contributed by atoms with Gasteiger partial charge in [-0.25, -0.2) is 0 Å². The van der Waals surface area contributed by atoms with Crippen molar-refractivity contribution >= 4 is 5.91 Å². The lowest BCUT2D eigenvalue weighted by molar-refractivity contribution is -0.127. The molecule has 1 amide bonds. The minimum Gasteiger partial charge on any atom is -0.351 e. The van der Waals surface area contributed by atoms with Gasteiger partial charge in [-0.3, -0.25) is 4.79 Å². The largest absolute Gasteiger partial charge is 0.351 e. The van der Waals surface area contributed by atoms with Gasteiger partial charge in [-0.15, -0.1) is 0 Å². The molecule has 92 valence electrons. The lowest BCUT2D eigenvalue weighted by atomic mass is 9.85. The first-order valence-electron chi connectivity index (χ1n) is 6.67. The minimum atomic E-state index is 0.0800. The summed E-state index contributed by atoms with van der Waals surface area (Å²) in [5.74, 6) is 0.494. The first-order valence-corrected chi connectivity index (χ1v) is 6.67. The Hall–Kier alpha value is -0.570. The molecule has 2 rings (SSSR count). The second kappa shape index (κ2) is 4.74. The van der Waals surface area contributed by atoms with Crippen LogP contribution >= 0.6 is 0 Å². The molecule has 2 aliphatic rings. The first kappa shape index (κ1) is 11.9. The molecule has 3 N–H and O–H groups in total. The Morgan fingerprint density at radius 2 is 1.75 bits per heavy atom. The van der Waals surface area contributed by atoms with Crippen molar-refractivity contribution in [3.05, 3.63) is 0 Å². The number of hydrogen-bond acceptors (Lipinski definition) is 2. The number of hydrogen-bond donors (Lipinski definition) is 2. The third-order valence-electron chi connectivity index (χ3n) is 4.27. The minimum absolute atomic E-state index is 0.0800. The van der Waals surface area contributed by atoms with Gasteiger partial charge < -0.3 is 11.1 Å². The summed E-state index contributed by atoms with van der Waals surface area (Å²) in [6.45, 7) is 2.19. The molecule has 2 saturated carbocycles. The van der Waals surface area contributed by atoms with Crippen LogP contribution in [-0.2, 0) is 4.79 Å². The van der Waals surface area contributed by atoms with E-state index in [0.717, 1.165) is 38.5 Å². The Balaban J connectivity index is 1.83. The molecule has 0 heterocycles. The molecule has 0 atom stereocenters. The van der Waals surface area contributed by atoms with Crippen molar-refractivity contribution in [3.8, 4) is 0 Å². The van der Waals surface area contributed by atoms with Crippen LogP contribution in [0.3, 0.4) is 0 Å². The van der Waals surface area contributed by atoms with E-state index in [1.807, 2.05) is 0 Å². The smallest absolute Gasteiger partial charge is 0.223 e. The number of nitrogens with two attached hydrogens (primary N) is 1. The van der Waals surface area contributed by atoms with E-state index >= 15 is 0 Å². The van der Waals surface area contributed by atoms with Crippen LogP contribution in [0.2, 0.25) is 0 Å². The van der Waals surface area contributed by atoms with Gasteiger partial charge in [0.2, 0.25) is 5.91 Å². The van der Waals surface area contributed by atoms with E-state index in [2.05, 4.69) is 12.2 Å². The zero-order valence-corrected chi connectivity index (χ0v) is 10.3. The maximum Gasteiger partial charge on any atom is 0.223 e. The summed E-state index contributed by atoms with van der Waals surface area (Å²) in [5.41, 5.74) is 5.93. The number of amides is 1. The third-order valence-corrected chi connectivity index (χ3v) is 4.27. The molecule has 0 unspecified atom stereocenters. The topological polar surface area (TPSA) is 55.1 Å². The van der Waals surface area contributed by atoms with E-state index in [1.165, 1.54) is 12.8 Å². The summed E-state index contributed by atoms with van der Waals surface area (Å²) in [6.07, 6.45) is 8.77. The Bertz CT molecular complexity index is 251. The van der Waals surface area contributed by atoms with Crippen molar-refractivity contribution in [2.75, 3.05) is 0 Å². The third kappa shape index (κ3) is 2.76. The Labute approximate surface area is 98.2 Å². The van der Waals surface area contributed by atoms with E-state index in [-0.39, 0.29) is 17.4 Å². The number of nitrogens with one attached hydrogen (secondary N) is 1. The van der Waals surface area contributed by atoms with Crippen molar-refractivity contribution in [1.29, 1.82) is 0 Å². The summed E-state index contributed by atoms with van der Waals surface area (Å²) in [4.78, 5) is 12.1. The van der Waals surface area contributed by atoms with Crippen molar-refractivity contribution in [2.45, 2.75) is 69.9 Å². The molecule has 3 heteroatoms. The van der Waals surface area contributed by atoms with E-state index < -0.39 is 0 Å².